The standard InChI is InChI=1S/C23H27N5O2/c1-6-19(16(4)29)27-13-14(2)21-23(27)25-15(3)22(26-21)18-9-8-17(12-20(18)30-5)28-11-7-10-24-28/h7-13,16,19,29H,6H2,1-5H3/t16-,19?/m1/s1. The molecule has 1 aromatic carbocycles. The van der Waals surface area contributed by atoms with Crippen LogP contribution >= 0.6 is 0 Å². The van der Waals surface area contributed by atoms with Gasteiger partial charge < -0.3 is 14.4 Å². The fourth-order valence-electron chi connectivity index (χ4n) is 4.00. The van der Waals surface area contributed by atoms with Crippen molar-refractivity contribution in [3.05, 3.63) is 54.1 Å². The monoisotopic (exact) mass is 405 g/mol. The van der Waals surface area contributed by atoms with Gasteiger partial charge in [-0.1, -0.05) is 6.92 Å². The number of aliphatic hydroxyl groups excluding tert-OH is 1. The first-order valence-corrected chi connectivity index (χ1v) is 10.2. The van der Waals surface area contributed by atoms with Crippen LogP contribution < -0.4 is 4.74 Å². The molecule has 4 rings (SSSR count). The number of nitrogens with zero attached hydrogens (tertiary/aromatic N) is 5. The van der Waals surface area contributed by atoms with E-state index in [1.165, 1.54) is 0 Å². The molecule has 3 heterocycles. The molecular weight excluding hydrogens is 378 g/mol. The lowest BCUT2D eigenvalue weighted by Gasteiger charge is -2.21. The third kappa shape index (κ3) is 3.35. The molecule has 0 aliphatic heterocycles. The molecule has 2 atom stereocenters. The molecule has 0 amide bonds. The Balaban J connectivity index is 1.86. The smallest absolute Gasteiger partial charge is 0.159 e. The molecule has 7 nitrogen and oxygen atoms in total. The Bertz CT molecular complexity index is 1180. The van der Waals surface area contributed by atoms with Crippen molar-refractivity contribution >= 4 is 11.2 Å². The maximum Gasteiger partial charge on any atom is 0.159 e. The predicted molar refractivity (Wildman–Crippen MR) is 117 cm³/mol. The van der Waals surface area contributed by atoms with E-state index in [1.807, 2.05) is 57.4 Å². The van der Waals surface area contributed by atoms with E-state index in [4.69, 9.17) is 14.7 Å². The molecule has 1 unspecified atom stereocenters. The van der Waals surface area contributed by atoms with Crippen molar-refractivity contribution < 1.29 is 9.84 Å². The maximum atomic E-state index is 10.2. The Morgan fingerprint density at radius 1 is 1.20 bits per heavy atom. The van der Waals surface area contributed by atoms with E-state index >= 15 is 0 Å². The molecule has 0 aliphatic rings. The van der Waals surface area contributed by atoms with Crippen molar-refractivity contribution in [1.29, 1.82) is 0 Å². The van der Waals surface area contributed by atoms with Crippen molar-refractivity contribution in [2.75, 3.05) is 7.11 Å². The van der Waals surface area contributed by atoms with E-state index in [0.29, 0.717) is 5.75 Å². The molecule has 0 saturated heterocycles. The van der Waals surface area contributed by atoms with Gasteiger partial charge in [-0.2, -0.15) is 5.10 Å². The fraction of sp³-hybridized carbons (Fsp3) is 0.348. The van der Waals surface area contributed by atoms with Crippen LogP contribution in [0.2, 0.25) is 0 Å². The van der Waals surface area contributed by atoms with Gasteiger partial charge in [-0.25, -0.2) is 14.6 Å². The van der Waals surface area contributed by atoms with Crippen molar-refractivity contribution in [1.82, 2.24) is 24.3 Å². The zero-order chi connectivity index (χ0) is 21.4. The Morgan fingerprint density at radius 3 is 2.63 bits per heavy atom. The van der Waals surface area contributed by atoms with E-state index in [1.54, 1.807) is 18.0 Å². The number of methoxy groups -OCH3 is 1. The summed E-state index contributed by atoms with van der Waals surface area (Å²) < 4.78 is 9.52. The third-order valence-electron chi connectivity index (χ3n) is 5.54. The number of hydrogen-bond donors (Lipinski definition) is 1. The number of aromatic nitrogens is 5. The van der Waals surface area contributed by atoms with Crippen LogP contribution in [0.3, 0.4) is 0 Å². The SMILES string of the molecule is CCC([C@@H](C)O)n1cc(C)c2nc(-c3ccc(-n4cccn4)cc3OC)c(C)nc21. The summed E-state index contributed by atoms with van der Waals surface area (Å²) in [6, 6.07) is 7.79. The van der Waals surface area contributed by atoms with E-state index in [0.717, 1.165) is 45.8 Å². The van der Waals surface area contributed by atoms with E-state index < -0.39 is 6.10 Å². The van der Waals surface area contributed by atoms with Crippen LogP contribution in [0.5, 0.6) is 5.75 Å². The van der Waals surface area contributed by atoms with Crippen molar-refractivity contribution in [3.63, 3.8) is 0 Å². The number of hydrogen-bond acceptors (Lipinski definition) is 5. The first kappa shape index (κ1) is 20.1. The lowest BCUT2D eigenvalue weighted by molar-refractivity contribution is 0.129. The first-order chi connectivity index (χ1) is 14.4. The van der Waals surface area contributed by atoms with Crippen molar-refractivity contribution in [3.8, 4) is 22.7 Å². The Morgan fingerprint density at radius 2 is 2.00 bits per heavy atom. The normalized spacial score (nSPS) is 13.5. The maximum absolute atomic E-state index is 10.2. The van der Waals surface area contributed by atoms with Gasteiger partial charge in [-0.3, -0.25) is 0 Å². The van der Waals surface area contributed by atoms with E-state index in [2.05, 4.69) is 16.6 Å². The van der Waals surface area contributed by atoms with Crippen LogP contribution in [-0.4, -0.2) is 42.6 Å². The predicted octanol–water partition coefficient (Wildman–Crippen LogP) is 4.24. The van der Waals surface area contributed by atoms with Crippen LogP contribution in [0.25, 0.3) is 28.1 Å². The summed E-state index contributed by atoms with van der Waals surface area (Å²) in [6.07, 6.45) is 6.01. The largest absolute Gasteiger partial charge is 0.496 e. The summed E-state index contributed by atoms with van der Waals surface area (Å²) in [5.41, 5.74) is 6.07. The second-order valence-electron chi connectivity index (χ2n) is 7.60. The average Bonchev–Trinajstić information content (AvgIpc) is 3.36. The van der Waals surface area contributed by atoms with E-state index in [9.17, 15) is 5.11 Å². The Kier molecular flexibility index (Phi) is 5.30. The molecule has 3 aromatic heterocycles. The van der Waals surface area contributed by atoms with Gasteiger partial charge in [0, 0.05) is 30.2 Å². The number of benzene rings is 1. The van der Waals surface area contributed by atoms with Gasteiger partial charge in [-0.15, -0.1) is 0 Å². The van der Waals surface area contributed by atoms with Crippen molar-refractivity contribution in [2.45, 2.75) is 46.3 Å². The fourth-order valence-corrected chi connectivity index (χ4v) is 4.00. The minimum absolute atomic E-state index is 0.0383. The highest BCUT2D eigenvalue weighted by Crippen LogP contribution is 2.34. The van der Waals surface area contributed by atoms with Gasteiger partial charge in [0.25, 0.3) is 0 Å². The summed E-state index contributed by atoms with van der Waals surface area (Å²) in [7, 11) is 1.66. The Labute approximate surface area is 176 Å². The van der Waals surface area contributed by atoms with Gasteiger partial charge >= 0.3 is 0 Å². The molecule has 0 bridgehead atoms. The van der Waals surface area contributed by atoms with Gasteiger partial charge in [0.05, 0.1) is 36.3 Å². The summed E-state index contributed by atoms with van der Waals surface area (Å²) in [5.74, 6) is 0.715. The lowest BCUT2D eigenvalue weighted by atomic mass is 10.1. The van der Waals surface area contributed by atoms with Crippen LogP contribution in [0.15, 0.2) is 42.9 Å². The molecule has 0 saturated carbocycles. The van der Waals surface area contributed by atoms with E-state index in [-0.39, 0.29) is 6.04 Å². The van der Waals surface area contributed by atoms with Crippen LogP contribution in [0.4, 0.5) is 0 Å². The third-order valence-corrected chi connectivity index (χ3v) is 5.54. The van der Waals surface area contributed by atoms with Gasteiger partial charge in [0.2, 0.25) is 0 Å². The average molecular weight is 406 g/mol. The Hall–Kier alpha value is -3.19. The number of ether oxygens (including phenoxy) is 1. The van der Waals surface area contributed by atoms with Gasteiger partial charge in [0.15, 0.2) is 5.65 Å². The van der Waals surface area contributed by atoms with Crippen LogP contribution in [0.1, 0.15) is 37.6 Å². The topological polar surface area (TPSA) is 78.0 Å². The molecule has 7 heteroatoms. The number of aliphatic hydroxyl groups is 1. The first-order valence-electron chi connectivity index (χ1n) is 10.2. The highest BCUT2D eigenvalue weighted by molar-refractivity contribution is 5.81. The quantitative estimate of drug-likeness (QED) is 0.519. The summed E-state index contributed by atoms with van der Waals surface area (Å²) >= 11 is 0. The number of aryl methyl sites for hydroxylation is 2. The second-order valence-corrected chi connectivity index (χ2v) is 7.60. The van der Waals surface area contributed by atoms with Crippen LogP contribution in [-0.2, 0) is 0 Å². The molecule has 1 N–H and O–H groups in total. The highest BCUT2D eigenvalue weighted by Gasteiger charge is 2.22. The molecule has 0 spiro atoms. The van der Waals surface area contributed by atoms with Gasteiger partial charge in [0.1, 0.15) is 11.3 Å². The summed E-state index contributed by atoms with van der Waals surface area (Å²) in [5, 5.41) is 14.5. The molecule has 156 valence electrons. The molecular formula is C23H27N5O2. The minimum atomic E-state index is -0.471. The zero-order valence-electron chi connectivity index (χ0n) is 18.0. The zero-order valence-corrected chi connectivity index (χ0v) is 18.0. The second kappa shape index (κ2) is 7.91. The van der Waals surface area contributed by atoms with Gasteiger partial charge in [-0.05, 0) is 51.0 Å². The number of rotatable bonds is 6. The summed E-state index contributed by atoms with van der Waals surface area (Å²) in [4.78, 5) is 9.86. The van der Waals surface area contributed by atoms with Crippen LogP contribution in [0, 0.1) is 13.8 Å². The molecule has 0 radical (unpaired) electrons. The summed E-state index contributed by atoms with van der Waals surface area (Å²) in [6.45, 7) is 7.87. The minimum Gasteiger partial charge on any atom is -0.496 e. The molecule has 0 fully saturated rings. The van der Waals surface area contributed by atoms with Crippen molar-refractivity contribution in [2.24, 2.45) is 0 Å². The molecule has 4 aromatic rings. The molecule has 30 heavy (non-hydrogen) atoms. The number of fused-ring (bicyclic) bond motifs is 1. The lowest BCUT2D eigenvalue weighted by Crippen LogP contribution is -2.20. The highest BCUT2D eigenvalue weighted by atomic mass is 16.5. The molecule has 0 aliphatic carbocycles.